The molecule has 3 rings (SSSR count). The smallest absolute Gasteiger partial charge is 0.303 e. The van der Waals surface area contributed by atoms with Crippen LogP contribution in [0.1, 0.15) is 25.0 Å². The van der Waals surface area contributed by atoms with Crippen molar-refractivity contribution in [3.05, 3.63) is 42.2 Å². The van der Waals surface area contributed by atoms with Gasteiger partial charge in [-0.2, -0.15) is 0 Å². The molecule has 1 atom stereocenters. The normalized spacial score (nSPS) is 21.0. The van der Waals surface area contributed by atoms with Crippen LogP contribution in [0.25, 0.3) is 11.4 Å². The summed E-state index contributed by atoms with van der Waals surface area (Å²) < 4.78 is 28.2. The van der Waals surface area contributed by atoms with Crippen LogP contribution in [0.2, 0.25) is 0 Å². The molecule has 1 aromatic carbocycles. The van der Waals surface area contributed by atoms with Gasteiger partial charge in [0.2, 0.25) is 0 Å². The van der Waals surface area contributed by atoms with Crippen molar-refractivity contribution in [3.8, 4) is 11.4 Å². The molecule has 2 N–H and O–H groups in total. The second-order valence-electron chi connectivity index (χ2n) is 6.49. The van der Waals surface area contributed by atoms with Crippen LogP contribution in [0, 0.1) is 5.92 Å². The number of carbonyl (C=O) groups is 1. The van der Waals surface area contributed by atoms with Crippen molar-refractivity contribution in [1.82, 2.24) is 14.9 Å². The number of likely N-dealkylation sites (tertiary alicyclic amines) is 1. The number of hydrogen-bond donors (Lipinski definition) is 2. The second kappa shape index (κ2) is 7.31. The maximum absolute atomic E-state index is 14.1. The van der Waals surface area contributed by atoms with E-state index in [1.807, 2.05) is 35.2 Å². The lowest BCUT2D eigenvalue weighted by molar-refractivity contribution is -0.143. The molecule has 0 aliphatic carbocycles. The van der Waals surface area contributed by atoms with Crippen LogP contribution in [0.4, 0.5) is 8.78 Å². The first-order valence-corrected chi connectivity index (χ1v) is 8.35. The molecule has 1 aliphatic rings. The van der Waals surface area contributed by atoms with Crippen LogP contribution in [0.3, 0.4) is 0 Å². The number of hydrogen-bond acceptors (Lipinski definition) is 3. The number of carboxylic acid groups (broad SMARTS) is 1. The number of carboxylic acids is 1. The van der Waals surface area contributed by atoms with E-state index in [-0.39, 0.29) is 19.4 Å². The van der Waals surface area contributed by atoms with Crippen LogP contribution in [-0.2, 0) is 11.3 Å². The maximum atomic E-state index is 14.1. The van der Waals surface area contributed by atoms with E-state index < -0.39 is 24.2 Å². The summed E-state index contributed by atoms with van der Waals surface area (Å²) in [5.41, 5.74) is 1.83. The van der Waals surface area contributed by atoms with Crippen molar-refractivity contribution in [2.45, 2.75) is 31.7 Å². The largest absolute Gasteiger partial charge is 0.481 e. The van der Waals surface area contributed by atoms with E-state index in [9.17, 15) is 13.6 Å². The van der Waals surface area contributed by atoms with E-state index in [4.69, 9.17) is 5.11 Å². The lowest BCUT2D eigenvalue weighted by atomic mass is 9.93. The van der Waals surface area contributed by atoms with Gasteiger partial charge in [0.05, 0.1) is 6.42 Å². The van der Waals surface area contributed by atoms with Crippen molar-refractivity contribution in [2.75, 3.05) is 13.1 Å². The molecule has 1 aliphatic heterocycles. The highest BCUT2D eigenvalue weighted by molar-refractivity contribution is 5.67. The number of aliphatic carboxylic acids is 1. The summed E-state index contributed by atoms with van der Waals surface area (Å²) in [5, 5.41) is 8.84. The third-order valence-electron chi connectivity index (χ3n) is 4.64. The highest BCUT2D eigenvalue weighted by atomic mass is 19.3. The Kier molecular flexibility index (Phi) is 5.13. The molecule has 2 heterocycles. The molecular weight excluding hydrogens is 328 g/mol. The molecule has 25 heavy (non-hydrogen) atoms. The van der Waals surface area contributed by atoms with E-state index in [2.05, 4.69) is 9.97 Å². The molecule has 7 heteroatoms. The zero-order valence-electron chi connectivity index (χ0n) is 13.8. The average Bonchev–Trinajstić information content (AvgIpc) is 2.99. The Balaban J connectivity index is 1.64. The fourth-order valence-corrected chi connectivity index (χ4v) is 3.22. The van der Waals surface area contributed by atoms with Crippen molar-refractivity contribution >= 4 is 5.97 Å². The summed E-state index contributed by atoms with van der Waals surface area (Å²) in [6, 6.07) is 9.68. The molecule has 0 radical (unpaired) electrons. The van der Waals surface area contributed by atoms with Crippen LogP contribution in [0.15, 0.2) is 36.5 Å². The Hall–Kier alpha value is -2.28. The Bertz CT molecular complexity index is 718. The molecular formula is C18H21F2N3O2. The Morgan fingerprint density at radius 3 is 2.80 bits per heavy atom. The van der Waals surface area contributed by atoms with Crippen molar-refractivity contribution in [1.29, 1.82) is 0 Å². The fraction of sp³-hybridized carbons (Fsp3) is 0.444. The molecule has 2 aromatic rings. The molecule has 1 aromatic heterocycles. The van der Waals surface area contributed by atoms with E-state index in [0.29, 0.717) is 13.1 Å². The van der Waals surface area contributed by atoms with Crippen LogP contribution >= 0.6 is 0 Å². The van der Waals surface area contributed by atoms with Gasteiger partial charge in [0.25, 0.3) is 5.92 Å². The number of imidazole rings is 1. The molecule has 0 bridgehead atoms. The SMILES string of the molecule is O=C(O)CC1CCN(Cc2cnc(-c3ccccc3)[nH]2)CCC1(F)F. The maximum Gasteiger partial charge on any atom is 0.303 e. The number of halogens is 2. The molecule has 0 saturated carbocycles. The van der Waals surface area contributed by atoms with Gasteiger partial charge < -0.3 is 10.1 Å². The molecule has 1 fully saturated rings. The number of nitrogens with one attached hydrogen (secondary N) is 1. The van der Waals surface area contributed by atoms with Crippen LogP contribution < -0.4 is 0 Å². The van der Waals surface area contributed by atoms with Crippen LogP contribution in [0.5, 0.6) is 0 Å². The molecule has 0 spiro atoms. The summed E-state index contributed by atoms with van der Waals surface area (Å²) in [5.74, 6) is -4.45. The summed E-state index contributed by atoms with van der Waals surface area (Å²) in [6.07, 6.45) is 1.10. The predicted octanol–water partition coefficient (Wildman–Crippen LogP) is 3.40. The number of aromatic nitrogens is 2. The average molecular weight is 349 g/mol. The first-order valence-electron chi connectivity index (χ1n) is 8.35. The number of nitrogens with zero attached hydrogens (tertiary/aromatic N) is 2. The molecule has 1 saturated heterocycles. The van der Waals surface area contributed by atoms with Gasteiger partial charge in [0.15, 0.2) is 0 Å². The summed E-state index contributed by atoms with van der Waals surface area (Å²) in [7, 11) is 0. The molecule has 1 unspecified atom stereocenters. The number of aromatic amines is 1. The predicted molar refractivity (Wildman–Crippen MR) is 89.2 cm³/mol. The van der Waals surface area contributed by atoms with Crippen molar-refractivity contribution in [3.63, 3.8) is 0 Å². The molecule has 134 valence electrons. The quantitative estimate of drug-likeness (QED) is 0.868. The summed E-state index contributed by atoms with van der Waals surface area (Å²) in [6.45, 7) is 1.19. The van der Waals surface area contributed by atoms with Gasteiger partial charge in [-0.1, -0.05) is 30.3 Å². The lowest BCUT2D eigenvalue weighted by Gasteiger charge is -2.22. The minimum absolute atomic E-state index is 0.180. The lowest BCUT2D eigenvalue weighted by Crippen LogP contribution is -2.30. The van der Waals surface area contributed by atoms with Gasteiger partial charge >= 0.3 is 5.97 Å². The van der Waals surface area contributed by atoms with E-state index in [1.165, 1.54) is 0 Å². The first-order chi connectivity index (χ1) is 11.9. The van der Waals surface area contributed by atoms with Gasteiger partial charge in [0.1, 0.15) is 5.82 Å². The van der Waals surface area contributed by atoms with Gasteiger partial charge in [0, 0.05) is 42.9 Å². The van der Waals surface area contributed by atoms with Gasteiger partial charge in [-0.05, 0) is 13.0 Å². The minimum Gasteiger partial charge on any atom is -0.481 e. The van der Waals surface area contributed by atoms with Gasteiger partial charge in [-0.15, -0.1) is 0 Å². The van der Waals surface area contributed by atoms with E-state index in [1.54, 1.807) is 6.20 Å². The Labute approximate surface area is 144 Å². The zero-order valence-corrected chi connectivity index (χ0v) is 13.8. The summed E-state index contributed by atoms with van der Waals surface area (Å²) in [4.78, 5) is 20.3. The highest BCUT2D eigenvalue weighted by Gasteiger charge is 2.42. The van der Waals surface area contributed by atoms with Gasteiger partial charge in [-0.3, -0.25) is 9.69 Å². The van der Waals surface area contributed by atoms with Crippen molar-refractivity contribution in [2.24, 2.45) is 5.92 Å². The number of alkyl halides is 2. The first kappa shape index (κ1) is 17.5. The van der Waals surface area contributed by atoms with Crippen LogP contribution in [-0.4, -0.2) is 45.0 Å². The Morgan fingerprint density at radius 2 is 2.08 bits per heavy atom. The third kappa shape index (κ3) is 4.42. The molecule has 0 amide bonds. The zero-order chi connectivity index (χ0) is 17.9. The van der Waals surface area contributed by atoms with Gasteiger partial charge in [-0.25, -0.2) is 13.8 Å². The number of rotatable bonds is 5. The fourth-order valence-electron chi connectivity index (χ4n) is 3.22. The Morgan fingerprint density at radius 1 is 1.32 bits per heavy atom. The number of H-pyrrole nitrogens is 1. The van der Waals surface area contributed by atoms with E-state index in [0.717, 1.165) is 17.1 Å². The monoisotopic (exact) mass is 349 g/mol. The standard InChI is InChI=1S/C18H21F2N3O2/c19-18(20)7-9-23(8-6-14(18)10-16(24)25)12-15-11-21-17(22-15)13-4-2-1-3-5-13/h1-5,11,14H,6-10,12H2,(H,21,22)(H,24,25). The van der Waals surface area contributed by atoms with E-state index >= 15 is 0 Å². The summed E-state index contributed by atoms with van der Waals surface area (Å²) >= 11 is 0. The third-order valence-corrected chi connectivity index (χ3v) is 4.64. The topological polar surface area (TPSA) is 69.2 Å². The molecule has 5 nitrogen and oxygen atoms in total. The van der Waals surface area contributed by atoms with Crippen molar-refractivity contribution < 1.29 is 18.7 Å². The number of benzene rings is 1. The second-order valence-corrected chi connectivity index (χ2v) is 6.49. The minimum atomic E-state index is -2.93. The highest BCUT2D eigenvalue weighted by Crippen LogP contribution is 2.36.